The molecular formula is C17H37N5O. The van der Waals surface area contributed by atoms with Crippen molar-refractivity contribution in [2.45, 2.75) is 33.2 Å². The molecule has 1 fully saturated rings. The fraction of sp³-hybridized carbons (Fsp3) is 0.941. The minimum absolute atomic E-state index is 0.525. The minimum atomic E-state index is 0.525. The van der Waals surface area contributed by atoms with Crippen molar-refractivity contribution in [3.05, 3.63) is 0 Å². The summed E-state index contributed by atoms with van der Waals surface area (Å²) in [5.74, 6) is 1.49. The van der Waals surface area contributed by atoms with Gasteiger partial charge in [-0.15, -0.1) is 0 Å². The van der Waals surface area contributed by atoms with Crippen LogP contribution in [0.3, 0.4) is 0 Å². The van der Waals surface area contributed by atoms with E-state index in [1.807, 2.05) is 7.05 Å². The molecule has 0 aromatic heterocycles. The molecule has 1 saturated heterocycles. The third-order valence-electron chi connectivity index (χ3n) is 4.16. The van der Waals surface area contributed by atoms with E-state index in [9.17, 15) is 0 Å². The molecule has 6 nitrogen and oxygen atoms in total. The van der Waals surface area contributed by atoms with Crippen LogP contribution in [0.5, 0.6) is 0 Å². The van der Waals surface area contributed by atoms with Crippen LogP contribution in [0.2, 0.25) is 0 Å². The van der Waals surface area contributed by atoms with Gasteiger partial charge in [-0.1, -0.05) is 13.8 Å². The number of rotatable bonds is 9. The van der Waals surface area contributed by atoms with Gasteiger partial charge in [0.2, 0.25) is 0 Å². The number of likely N-dealkylation sites (N-methyl/N-ethyl adjacent to an activating group) is 1. The normalized spacial score (nSPS) is 19.1. The number of ether oxygens (including phenoxy) is 1. The summed E-state index contributed by atoms with van der Waals surface area (Å²) in [6, 6.07) is 0.525. The number of guanidine groups is 1. The van der Waals surface area contributed by atoms with E-state index < -0.39 is 0 Å². The van der Waals surface area contributed by atoms with Crippen molar-refractivity contribution < 1.29 is 4.74 Å². The SMILES string of the molecule is CN=C(NCCCOCC(C)C)NCC(C)N1CCN(C)CC1. The standard InChI is InChI=1S/C17H37N5O/c1-15(2)14-23-12-6-7-19-17(18-4)20-13-16(3)22-10-8-21(5)9-11-22/h15-16H,6-14H2,1-5H3,(H2,18,19,20). The quantitative estimate of drug-likeness (QED) is 0.374. The monoisotopic (exact) mass is 327 g/mol. The van der Waals surface area contributed by atoms with Gasteiger partial charge in [0.1, 0.15) is 0 Å². The van der Waals surface area contributed by atoms with Gasteiger partial charge in [-0.2, -0.15) is 0 Å². The molecule has 1 aliphatic heterocycles. The molecule has 0 amide bonds. The fourth-order valence-electron chi connectivity index (χ4n) is 2.56. The van der Waals surface area contributed by atoms with Crippen molar-refractivity contribution in [1.29, 1.82) is 0 Å². The van der Waals surface area contributed by atoms with Gasteiger partial charge < -0.3 is 20.3 Å². The van der Waals surface area contributed by atoms with E-state index in [0.717, 1.165) is 64.9 Å². The molecule has 0 bridgehead atoms. The zero-order valence-electron chi connectivity index (χ0n) is 15.8. The van der Waals surface area contributed by atoms with Crippen molar-refractivity contribution in [2.75, 3.05) is 66.6 Å². The van der Waals surface area contributed by atoms with Crippen molar-refractivity contribution in [2.24, 2.45) is 10.9 Å². The van der Waals surface area contributed by atoms with Crippen molar-refractivity contribution >= 4 is 5.96 Å². The van der Waals surface area contributed by atoms with Gasteiger partial charge in [-0.25, -0.2) is 0 Å². The minimum Gasteiger partial charge on any atom is -0.381 e. The first-order chi connectivity index (χ1) is 11.0. The highest BCUT2D eigenvalue weighted by Crippen LogP contribution is 2.03. The lowest BCUT2D eigenvalue weighted by atomic mass is 10.2. The topological polar surface area (TPSA) is 52.1 Å². The van der Waals surface area contributed by atoms with E-state index in [1.54, 1.807) is 0 Å². The molecule has 0 aliphatic carbocycles. The zero-order chi connectivity index (χ0) is 17.1. The van der Waals surface area contributed by atoms with Gasteiger partial charge in [-0.05, 0) is 26.3 Å². The lowest BCUT2D eigenvalue weighted by Crippen LogP contribution is -2.52. The first-order valence-corrected chi connectivity index (χ1v) is 8.97. The molecule has 2 N–H and O–H groups in total. The highest BCUT2D eigenvalue weighted by Gasteiger charge is 2.18. The van der Waals surface area contributed by atoms with Gasteiger partial charge in [0, 0.05) is 65.6 Å². The second-order valence-electron chi connectivity index (χ2n) is 6.89. The highest BCUT2D eigenvalue weighted by atomic mass is 16.5. The smallest absolute Gasteiger partial charge is 0.191 e. The lowest BCUT2D eigenvalue weighted by molar-refractivity contribution is 0.108. The molecule has 1 rings (SSSR count). The third kappa shape index (κ3) is 9.13. The Morgan fingerprint density at radius 2 is 1.83 bits per heavy atom. The van der Waals surface area contributed by atoms with E-state index in [1.165, 1.54) is 0 Å². The first kappa shape index (κ1) is 20.2. The van der Waals surface area contributed by atoms with Crippen LogP contribution in [0.25, 0.3) is 0 Å². The summed E-state index contributed by atoms with van der Waals surface area (Å²) < 4.78 is 5.59. The third-order valence-corrected chi connectivity index (χ3v) is 4.16. The van der Waals surface area contributed by atoms with Crippen LogP contribution >= 0.6 is 0 Å². The van der Waals surface area contributed by atoms with E-state index in [4.69, 9.17) is 4.74 Å². The molecule has 0 radical (unpaired) electrons. The molecular weight excluding hydrogens is 290 g/mol. The summed E-state index contributed by atoms with van der Waals surface area (Å²) >= 11 is 0. The summed E-state index contributed by atoms with van der Waals surface area (Å²) in [4.78, 5) is 9.22. The lowest BCUT2D eigenvalue weighted by Gasteiger charge is -2.36. The van der Waals surface area contributed by atoms with Gasteiger partial charge in [0.25, 0.3) is 0 Å². The van der Waals surface area contributed by atoms with Crippen molar-refractivity contribution in [3.63, 3.8) is 0 Å². The Morgan fingerprint density at radius 3 is 2.43 bits per heavy atom. The second-order valence-corrected chi connectivity index (χ2v) is 6.89. The molecule has 0 aromatic rings. The summed E-state index contributed by atoms with van der Waals surface area (Å²) in [7, 11) is 4.02. The second kappa shape index (κ2) is 11.6. The molecule has 6 heteroatoms. The van der Waals surface area contributed by atoms with Crippen LogP contribution < -0.4 is 10.6 Å². The highest BCUT2D eigenvalue weighted by molar-refractivity contribution is 5.79. The average molecular weight is 328 g/mol. The van der Waals surface area contributed by atoms with Crippen LogP contribution in [-0.4, -0.2) is 88.4 Å². The average Bonchev–Trinajstić information content (AvgIpc) is 2.53. The predicted molar refractivity (Wildman–Crippen MR) is 98.2 cm³/mol. The first-order valence-electron chi connectivity index (χ1n) is 8.97. The fourth-order valence-corrected chi connectivity index (χ4v) is 2.56. The molecule has 136 valence electrons. The van der Waals surface area contributed by atoms with Gasteiger partial charge in [-0.3, -0.25) is 9.89 Å². The Morgan fingerprint density at radius 1 is 1.13 bits per heavy atom. The number of hydrogen-bond acceptors (Lipinski definition) is 4. The summed E-state index contributed by atoms with van der Waals surface area (Å²) in [6.45, 7) is 14.7. The van der Waals surface area contributed by atoms with E-state index in [2.05, 4.69) is 53.2 Å². The number of hydrogen-bond donors (Lipinski definition) is 2. The van der Waals surface area contributed by atoms with Gasteiger partial charge in [0.05, 0.1) is 0 Å². The molecule has 23 heavy (non-hydrogen) atoms. The van der Waals surface area contributed by atoms with Crippen LogP contribution in [0.4, 0.5) is 0 Å². The van der Waals surface area contributed by atoms with Gasteiger partial charge in [0.15, 0.2) is 5.96 Å². The van der Waals surface area contributed by atoms with Crippen LogP contribution in [0.15, 0.2) is 4.99 Å². The zero-order valence-corrected chi connectivity index (χ0v) is 15.8. The van der Waals surface area contributed by atoms with E-state index >= 15 is 0 Å². The summed E-state index contributed by atoms with van der Waals surface area (Å²) in [5.41, 5.74) is 0. The number of nitrogens with one attached hydrogen (secondary N) is 2. The molecule has 1 heterocycles. The molecule has 0 aromatic carbocycles. The molecule has 0 spiro atoms. The summed E-state index contributed by atoms with van der Waals surface area (Å²) in [5, 5.41) is 6.78. The van der Waals surface area contributed by atoms with Gasteiger partial charge >= 0.3 is 0 Å². The number of aliphatic imine (C=N–C) groups is 1. The largest absolute Gasteiger partial charge is 0.381 e. The number of nitrogens with zero attached hydrogens (tertiary/aromatic N) is 3. The van der Waals surface area contributed by atoms with Crippen LogP contribution in [0.1, 0.15) is 27.2 Å². The maximum Gasteiger partial charge on any atom is 0.191 e. The van der Waals surface area contributed by atoms with Crippen molar-refractivity contribution in [3.8, 4) is 0 Å². The van der Waals surface area contributed by atoms with Crippen molar-refractivity contribution in [1.82, 2.24) is 20.4 Å². The summed E-state index contributed by atoms with van der Waals surface area (Å²) in [6.07, 6.45) is 1.00. The van der Waals surface area contributed by atoms with E-state index in [0.29, 0.717) is 12.0 Å². The van der Waals surface area contributed by atoms with Crippen LogP contribution in [0, 0.1) is 5.92 Å². The Hall–Kier alpha value is -0.850. The Bertz CT molecular complexity index is 327. The maximum atomic E-state index is 5.59. The Kier molecular flexibility index (Phi) is 10.2. The predicted octanol–water partition coefficient (Wildman–Crippen LogP) is 0.850. The molecule has 0 saturated carbocycles. The Balaban J connectivity index is 2.11. The maximum absolute atomic E-state index is 5.59. The molecule has 1 unspecified atom stereocenters. The molecule has 1 atom stereocenters. The van der Waals surface area contributed by atoms with E-state index in [-0.39, 0.29) is 0 Å². The van der Waals surface area contributed by atoms with Crippen LogP contribution in [-0.2, 0) is 4.74 Å². The molecule has 1 aliphatic rings. The Labute approximate surface area is 142 Å². The number of piperazine rings is 1.